The maximum atomic E-state index is 11.2. The van der Waals surface area contributed by atoms with Crippen molar-refractivity contribution < 1.29 is 15.3 Å². The zero-order chi connectivity index (χ0) is 23.8. The Morgan fingerprint density at radius 1 is 0.576 bits per heavy atom. The minimum Gasteiger partial charge on any atom is -0.508 e. The molecule has 3 heteroatoms. The van der Waals surface area contributed by atoms with Crippen molar-refractivity contribution in [2.75, 3.05) is 0 Å². The molecule has 0 aliphatic rings. The van der Waals surface area contributed by atoms with Gasteiger partial charge >= 0.3 is 0 Å². The van der Waals surface area contributed by atoms with Gasteiger partial charge in [0.1, 0.15) is 17.2 Å². The number of aryl methyl sites for hydroxylation is 3. The minimum atomic E-state index is 0.249. The standard InChI is InChI=1S/C30H38O3/c1-4-5-6-7-8-9-10-23-17-26(19-24-15-21(2)11-13-28(24)31)30(33)27(18-23)20-25-16-22(3)12-14-29(25)32/h11-18,31-33H,4-10,19-20H2,1-3H3. The summed E-state index contributed by atoms with van der Waals surface area (Å²) in [5.74, 6) is 0.752. The number of benzene rings is 3. The second kappa shape index (κ2) is 11.8. The van der Waals surface area contributed by atoms with Gasteiger partial charge in [0.25, 0.3) is 0 Å². The SMILES string of the molecule is CCCCCCCCc1cc(Cc2cc(C)ccc2O)c(O)c(Cc2cc(C)ccc2O)c1. The summed E-state index contributed by atoms with van der Waals surface area (Å²) in [6, 6.07) is 15.3. The molecule has 176 valence electrons. The fourth-order valence-electron chi connectivity index (χ4n) is 4.48. The van der Waals surface area contributed by atoms with Gasteiger partial charge in [-0.3, -0.25) is 0 Å². The fraction of sp³-hybridized carbons (Fsp3) is 0.400. The van der Waals surface area contributed by atoms with Crippen molar-refractivity contribution in [1.29, 1.82) is 0 Å². The van der Waals surface area contributed by atoms with Gasteiger partial charge in [-0.2, -0.15) is 0 Å². The van der Waals surface area contributed by atoms with E-state index in [2.05, 4.69) is 19.1 Å². The number of aromatic hydroxyl groups is 3. The zero-order valence-corrected chi connectivity index (χ0v) is 20.3. The summed E-state index contributed by atoms with van der Waals surface area (Å²) in [4.78, 5) is 0. The molecular formula is C30H38O3. The number of hydrogen-bond donors (Lipinski definition) is 3. The Hall–Kier alpha value is -2.94. The first-order chi connectivity index (χ1) is 15.9. The number of phenols is 3. The molecule has 0 bridgehead atoms. The third-order valence-electron chi connectivity index (χ3n) is 6.38. The molecule has 3 rings (SSSR count). The molecule has 0 saturated heterocycles. The van der Waals surface area contributed by atoms with Gasteiger partial charge in [0.2, 0.25) is 0 Å². The topological polar surface area (TPSA) is 60.7 Å². The number of rotatable bonds is 11. The van der Waals surface area contributed by atoms with Crippen LogP contribution in [0.2, 0.25) is 0 Å². The van der Waals surface area contributed by atoms with E-state index in [9.17, 15) is 15.3 Å². The van der Waals surface area contributed by atoms with Crippen molar-refractivity contribution >= 4 is 0 Å². The van der Waals surface area contributed by atoms with Crippen LogP contribution in [0, 0.1) is 13.8 Å². The van der Waals surface area contributed by atoms with Crippen LogP contribution < -0.4 is 0 Å². The highest BCUT2D eigenvalue weighted by molar-refractivity contribution is 5.51. The van der Waals surface area contributed by atoms with Crippen molar-refractivity contribution in [3.05, 3.63) is 87.5 Å². The van der Waals surface area contributed by atoms with Gasteiger partial charge in [-0.15, -0.1) is 0 Å². The molecule has 0 spiro atoms. The highest BCUT2D eigenvalue weighted by atomic mass is 16.3. The monoisotopic (exact) mass is 446 g/mol. The van der Waals surface area contributed by atoms with Crippen LogP contribution in [-0.2, 0) is 19.3 Å². The van der Waals surface area contributed by atoms with Gasteiger partial charge < -0.3 is 15.3 Å². The molecule has 0 radical (unpaired) electrons. The molecule has 0 saturated carbocycles. The Kier molecular flexibility index (Phi) is 8.82. The van der Waals surface area contributed by atoms with Gasteiger partial charge in [-0.25, -0.2) is 0 Å². The summed E-state index contributed by atoms with van der Waals surface area (Å²) < 4.78 is 0. The first kappa shape index (κ1) is 24.7. The molecule has 0 atom stereocenters. The first-order valence-corrected chi connectivity index (χ1v) is 12.3. The van der Waals surface area contributed by atoms with Crippen LogP contribution in [0.25, 0.3) is 0 Å². The molecule has 0 unspecified atom stereocenters. The number of hydrogen-bond acceptors (Lipinski definition) is 3. The lowest BCUT2D eigenvalue weighted by Gasteiger charge is -2.15. The van der Waals surface area contributed by atoms with Gasteiger partial charge in [-0.1, -0.05) is 86.6 Å². The molecule has 3 aromatic rings. The van der Waals surface area contributed by atoms with Crippen LogP contribution in [0.3, 0.4) is 0 Å². The summed E-state index contributed by atoms with van der Waals surface area (Å²) in [7, 11) is 0. The third-order valence-corrected chi connectivity index (χ3v) is 6.38. The second-order valence-electron chi connectivity index (χ2n) is 9.40. The van der Waals surface area contributed by atoms with Gasteiger partial charge in [0, 0.05) is 12.8 Å². The molecule has 0 aromatic heterocycles. The van der Waals surface area contributed by atoms with E-state index in [-0.39, 0.29) is 17.2 Å². The van der Waals surface area contributed by atoms with Crippen LogP contribution in [-0.4, -0.2) is 15.3 Å². The molecule has 0 heterocycles. The van der Waals surface area contributed by atoms with E-state index in [1.54, 1.807) is 12.1 Å². The normalized spacial score (nSPS) is 11.1. The van der Waals surface area contributed by atoms with Gasteiger partial charge in [0.05, 0.1) is 0 Å². The molecule has 3 nitrogen and oxygen atoms in total. The molecule has 0 fully saturated rings. The Bertz CT molecular complexity index is 994. The summed E-state index contributed by atoms with van der Waals surface area (Å²) in [6.07, 6.45) is 9.35. The molecule has 0 aliphatic heterocycles. The predicted octanol–water partition coefficient (Wildman–Crippen LogP) is 7.50. The van der Waals surface area contributed by atoms with Crippen molar-refractivity contribution in [2.45, 2.75) is 78.6 Å². The Morgan fingerprint density at radius 2 is 1.06 bits per heavy atom. The van der Waals surface area contributed by atoms with Gasteiger partial charge in [0.15, 0.2) is 0 Å². The maximum Gasteiger partial charge on any atom is 0.122 e. The third kappa shape index (κ3) is 7.02. The average molecular weight is 447 g/mol. The van der Waals surface area contributed by atoms with Crippen molar-refractivity contribution in [2.24, 2.45) is 0 Å². The average Bonchev–Trinajstić information content (AvgIpc) is 2.78. The Labute approximate surface area is 198 Å². The molecule has 0 amide bonds. The van der Waals surface area contributed by atoms with Crippen LogP contribution >= 0.6 is 0 Å². The lowest BCUT2D eigenvalue weighted by atomic mass is 9.92. The summed E-state index contributed by atoms with van der Waals surface area (Å²) >= 11 is 0. The van der Waals surface area contributed by atoms with Crippen molar-refractivity contribution in [3.8, 4) is 17.2 Å². The number of phenolic OH excluding ortho intramolecular Hbond substituents is 3. The largest absolute Gasteiger partial charge is 0.508 e. The maximum absolute atomic E-state index is 11.2. The van der Waals surface area contributed by atoms with E-state index in [1.165, 1.54) is 37.7 Å². The zero-order valence-electron chi connectivity index (χ0n) is 20.3. The minimum absolute atomic E-state index is 0.249. The van der Waals surface area contributed by atoms with E-state index in [4.69, 9.17) is 0 Å². The van der Waals surface area contributed by atoms with E-state index in [0.29, 0.717) is 12.8 Å². The lowest BCUT2D eigenvalue weighted by molar-refractivity contribution is 0.456. The van der Waals surface area contributed by atoms with Gasteiger partial charge in [-0.05, 0) is 66.6 Å². The van der Waals surface area contributed by atoms with Crippen LogP contribution in [0.5, 0.6) is 17.2 Å². The van der Waals surface area contributed by atoms with E-state index < -0.39 is 0 Å². The second-order valence-corrected chi connectivity index (χ2v) is 9.40. The van der Waals surface area contributed by atoms with E-state index >= 15 is 0 Å². The van der Waals surface area contributed by atoms with E-state index in [0.717, 1.165) is 46.2 Å². The number of unbranched alkanes of at least 4 members (excludes halogenated alkanes) is 5. The smallest absolute Gasteiger partial charge is 0.122 e. The molecular weight excluding hydrogens is 408 g/mol. The Morgan fingerprint density at radius 3 is 1.58 bits per heavy atom. The van der Waals surface area contributed by atoms with Crippen LogP contribution in [0.15, 0.2) is 48.5 Å². The predicted molar refractivity (Wildman–Crippen MR) is 136 cm³/mol. The molecule has 0 aliphatic carbocycles. The van der Waals surface area contributed by atoms with Crippen molar-refractivity contribution in [3.63, 3.8) is 0 Å². The Balaban J connectivity index is 1.89. The van der Waals surface area contributed by atoms with E-state index in [1.807, 2.05) is 38.1 Å². The van der Waals surface area contributed by atoms with Crippen LogP contribution in [0.4, 0.5) is 0 Å². The quantitative estimate of drug-likeness (QED) is 0.267. The molecule has 33 heavy (non-hydrogen) atoms. The first-order valence-electron chi connectivity index (χ1n) is 12.3. The summed E-state index contributed by atoms with van der Waals surface area (Å²) in [6.45, 7) is 6.24. The summed E-state index contributed by atoms with van der Waals surface area (Å²) in [5, 5.41) is 31.9. The fourth-order valence-corrected chi connectivity index (χ4v) is 4.48. The van der Waals surface area contributed by atoms with Crippen molar-refractivity contribution in [1.82, 2.24) is 0 Å². The molecule has 3 aromatic carbocycles. The molecule has 3 N–H and O–H groups in total. The van der Waals surface area contributed by atoms with Crippen LogP contribution in [0.1, 0.15) is 84.4 Å². The lowest BCUT2D eigenvalue weighted by Crippen LogP contribution is -1.99. The summed E-state index contributed by atoms with van der Waals surface area (Å²) in [5.41, 5.74) is 6.62. The highest BCUT2D eigenvalue weighted by Gasteiger charge is 2.15. The highest BCUT2D eigenvalue weighted by Crippen LogP contribution is 2.33.